The molecule has 0 amide bonds. The highest BCUT2D eigenvalue weighted by atomic mass is 19.4. The number of aromatic hydroxyl groups is 1. The summed E-state index contributed by atoms with van der Waals surface area (Å²) in [6, 6.07) is 6.64. The molecule has 164 valence electrons. The molecule has 0 unspecified atom stereocenters. The highest BCUT2D eigenvalue weighted by Crippen LogP contribution is 2.34. The van der Waals surface area contributed by atoms with E-state index in [0.29, 0.717) is 5.92 Å². The molecule has 0 radical (unpaired) electrons. The van der Waals surface area contributed by atoms with Crippen LogP contribution in [0.25, 0.3) is 5.69 Å². The van der Waals surface area contributed by atoms with E-state index in [9.17, 15) is 23.1 Å². The van der Waals surface area contributed by atoms with Crippen LogP contribution in [0.15, 0.2) is 53.7 Å². The number of imidazole rings is 1. The van der Waals surface area contributed by atoms with Crippen LogP contribution in [0.5, 0.6) is 11.6 Å². The van der Waals surface area contributed by atoms with E-state index >= 15 is 0 Å². The second-order valence-electron chi connectivity index (χ2n) is 7.68. The molecule has 1 N–H and O–H groups in total. The van der Waals surface area contributed by atoms with Crippen molar-refractivity contribution in [2.45, 2.75) is 50.9 Å². The first-order valence-electron chi connectivity index (χ1n) is 10.1. The Bertz CT molecular complexity index is 1100. The van der Waals surface area contributed by atoms with E-state index in [1.807, 2.05) is 12.3 Å². The van der Waals surface area contributed by atoms with Crippen LogP contribution in [0.1, 0.15) is 49.1 Å². The fourth-order valence-corrected chi connectivity index (χ4v) is 4.18. The van der Waals surface area contributed by atoms with Crippen LogP contribution in [0, 0.1) is 0 Å². The molecule has 1 aliphatic carbocycles. The van der Waals surface area contributed by atoms with E-state index in [4.69, 9.17) is 0 Å². The molecule has 0 bridgehead atoms. The Morgan fingerprint density at radius 2 is 1.81 bits per heavy atom. The van der Waals surface area contributed by atoms with Gasteiger partial charge in [0.1, 0.15) is 5.75 Å². The summed E-state index contributed by atoms with van der Waals surface area (Å²) >= 11 is 0. The maximum absolute atomic E-state index is 12.9. The molecule has 1 aliphatic rings. The first-order chi connectivity index (χ1) is 14.8. The molecule has 0 saturated heterocycles. The Morgan fingerprint density at radius 1 is 1.10 bits per heavy atom. The predicted molar refractivity (Wildman–Crippen MR) is 108 cm³/mol. The van der Waals surface area contributed by atoms with Gasteiger partial charge in [0.25, 0.3) is 0 Å². The predicted octanol–water partition coefficient (Wildman–Crippen LogP) is 4.73. The number of ether oxygens (including phenoxy) is 1. The van der Waals surface area contributed by atoms with Crippen molar-refractivity contribution < 1.29 is 23.0 Å². The molecular formula is C22H22F3N3O3. The smallest absolute Gasteiger partial charge is 0.493 e. The third-order valence-electron chi connectivity index (χ3n) is 5.60. The lowest BCUT2D eigenvalue weighted by atomic mass is 9.83. The Kier molecular flexibility index (Phi) is 5.75. The summed E-state index contributed by atoms with van der Waals surface area (Å²) in [5.41, 5.74) is 1.83. The Hall–Kier alpha value is -3.23. The monoisotopic (exact) mass is 433 g/mol. The number of pyridine rings is 1. The normalized spacial score (nSPS) is 15.2. The van der Waals surface area contributed by atoms with Gasteiger partial charge in [-0.2, -0.15) is 0 Å². The minimum atomic E-state index is -4.80. The quantitative estimate of drug-likeness (QED) is 0.631. The van der Waals surface area contributed by atoms with E-state index < -0.39 is 17.8 Å². The van der Waals surface area contributed by atoms with E-state index in [2.05, 4.69) is 9.72 Å². The number of benzene rings is 1. The van der Waals surface area contributed by atoms with Crippen molar-refractivity contribution in [1.82, 2.24) is 14.1 Å². The Labute approximate surface area is 176 Å². The summed E-state index contributed by atoms with van der Waals surface area (Å²) in [6.45, 7) is 0.267. The summed E-state index contributed by atoms with van der Waals surface area (Å²) in [5.74, 6) is -0.301. The second kappa shape index (κ2) is 8.49. The minimum Gasteiger partial charge on any atom is -0.493 e. The summed E-state index contributed by atoms with van der Waals surface area (Å²) < 4.78 is 43.3. The lowest BCUT2D eigenvalue weighted by molar-refractivity contribution is -0.274. The van der Waals surface area contributed by atoms with E-state index in [-0.39, 0.29) is 18.1 Å². The number of hydrogen-bond donors (Lipinski definition) is 1. The van der Waals surface area contributed by atoms with Crippen LogP contribution in [-0.4, -0.2) is 25.6 Å². The molecule has 1 fully saturated rings. The minimum absolute atomic E-state index is 0.234. The molecule has 31 heavy (non-hydrogen) atoms. The second-order valence-corrected chi connectivity index (χ2v) is 7.68. The van der Waals surface area contributed by atoms with Gasteiger partial charge in [-0.3, -0.25) is 9.55 Å². The van der Waals surface area contributed by atoms with Crippen LogP contribution in [0.3, 0.4) is 0 Å². The van der Waals surface area contributed by atoms with Gasteiger partial charge in [0.2, 0.25) is 5.88 Å². The zero-order valence-corrected chi connectivity index (χ0v) is 16.7. The molecule has 0 aliphatic heterocycles. The number of aromatic nitrogens is 3. The zero-order valence-electron chi connectivity index (χ0n) is 16.7. The molecule has 4 rings (SSSR count). The van der Waals surface area contributed by atoms with Crippen molar-refractivity contribution in [3.05, 3.63) is 70.5 Å². The summed E-state index contributed by atoms with van der Waals surface area (Å²) in [5, 5.41) is 10.3. The maximum Gasteiger partial charge on any atom is 0.573 e. The molecule has 2 aromatic heterocycles. The molecule has 2 heterocycles. The number of hydrogen-bond acceptors (Lipinski definition) is 4. The van der Waals surface area contributed by atoms with Gasteiger partial charge in [0, 0.05) is 12.4 Å². The van der Waals surface area contributed by atoms with E-state index in [0.717, 1.165) is 40.7 Å². The first-order valence-corrected chi connectivity index (χ1v) is 10.1. The van der Waals surface area contributed by atoms with Gasteiger partial charge in [-0.1, -0.05) is 19.3 Å². The van der Waals surface area contributed by atoms with Crippen molar-refractivity contribution in [1.29, 1.82) is 0 Å². The number of nitrogens with zero attached hydrogens (tertiary/aromatic N) is 3. The SMILES string of the molecule is O=c1n(Cc2ccncc2C2CCCCC2)cc(O)n1-c1ccc(OC(F)(F)F)cc1. The molecule has 9 heteroatoms. The highest BCUT2D eigenvalue weighted by Gasteiger charge is 2.31. The fraction of sp³-hybridized carbons (Fsp3) is 0.364. The van der Waals surface area contributed by atoms with E-state index in [1.165, 1.54) is 42.2 Å². The molecule has 3 aromatic rings. The van der Waals surface area contributed by atoms with Crippen molar-refractivity contribution in [3.63, 3.8) is 0 Å². The van der Waals surface area contributed by atoms with Gasteiger partial charge < -0.3 is 9.84 Å². The lowest BCUT2D eigenvalue weighted by Crippen LogP contribution is -2.24. The molecule has 1 aromatic carbocycles. The standard InChI is InChI=1S/C22H22F3N3O3/c23-22(24,25)31-18-8-6-17(7-9-18)28-20(29)14-27(21(28)30)13-16-10-11-26-12-19(16)15-4-2-1-3-5-15/h6-12,14-15,29H,1-5,13H2. The maximum atomic E-state index is 12.9. The van der Waals surface area contributed by atoms with Gasteiger partial charge in [-0.15, -0.1) is 13.2 Å². The van der Waals surface area contributed by atoms with Crippen LogP contribution < -0.4 is 10.4 Å². The van der Waals surface area contributed by atoms with Crippen LogP contribution >= 0.6 is 0 Å². The van der Waals surface area contributed by atoms with E-state index in [1.54, 1.807) is 6.20 Å². The van der Waals surface area contributed by atoms with Crippen LogP contribution in [0.2, 0.25) is 0 Å². The van der Waals surface area contributed by atoms with Crippen molar-refractivity contribution >= 4 is 0 Å². The number of rotatable bonds is 5. The zero-order chi connectivity index (χ0) is 22.0. The van der Waals surface area contributed by atoms with Crippen LogP contribution in [-0.2, 0) is 6.54 Å². The summed E-state index contributed by atoms with van der Waals surface area (Å²) in [4.78, 5) is 17.2. The van der Waals surface area contributed by atoms with Crippen LogP contribution in [0.4, 0.5) is 13.2 Å². The van der Waals surface area contributed by atoms with Gasteiger partial charge in [-0.25, -0.2) is 9.36 Å². The lowest BCUT2D eigenvalue weighted by Gasteiger charge is -2.24. The fourth-order valence-electron chi connectivity index (χ4n) is 4.18. The third-order valence-corrected chi connectivity index (χ3v) is 5.60. The van der Waals surface area contributed by atoms with Crippen molar-refractivity contribution in [2.75, 3.05) is 0 Å². The van der Waals surface area contributed by atoms with Gasteiger partial charge >= 0.3 is 12.1 Å². The first kappa shape index (κ1) is 21.0. The topological polar surface area (TPSA) is 69.3 Å². The van der Waals surface area contributed by atoms with Crippen molar-refractivity contribution in [2.24, 2.45) is 0 Å². The van der Waals surface area contributed by atoms with Gasteiger partial charge in [-0.05, 0) is 60.2 Å². The highest BCUT2D eigenvalue weighted by molar-refractivity contribution is 5.40. The number of halogens is 3. The number of alkyl halides is 3. The van der Waals surface area contributed by atoms with Gasteiger partial charge in [0.05, 0.1) is 18.4 Å². The Morgan fingerprint density at radius 3 is 2.48 bits per heavy atom. The Balaban J connectivity index is 1.61. The molecule has 1 saturated carbocycles. The molecular weight excluding hydrogens is 411 g/mol. The summed E-state index contributed by atoms with van der Waals surface area (Å²) in [7, 11) is 0. The average Bonchev–Trinajstić information content (AvgIpc) is 3.02. The molecule has 6 nitrogen and oxygen atoms in total. The summed E-state index contributed by atoms with van der Waals surface area (Å²) in [6.07, 6.45) is 5.81. The average molecular weight is 433 g/mol. The third kappa shape index (κ3) is 4.76. The molecule has 0 atom stereocenters. The van der Waals surface area contributed by atoms with Crippen molar-refractivity contribution in [3.8, 4) is 17.3 Å². The van der Waals surface area contributed by atoms with Gasteiger partial charge in [0.15, 0.2) is 0 Å². The largest absolute Gasteiger partial charge is 0.573 e. The molecule has 0 spiro atoms.